The highest BCUT2D eigenvalue weighted by Crippen LogP contribution is 2.28. The lowest BCUT2D eigenvalue weighted by atomic mass is 10.2. The molecule has 0 aromatic heterocycles. The molecule has 1 aliphatic rings. The van der Waals surface area contributed by atoms with Gasteiger partial charge in [0.2, 0.25) is 0 Å². The number of anilines is 1. The Morgan fingerprint density at radius 2 is 1.65 bits per heavy atom. The number of benzene rings is 2. The van der Waals surface area contributed by atoms with Crippen LogP contribution < -0.4 is 4.90 Å². The molecule has 6 heteroatoms. The van der Waals surface area contributed by atoms with Crippen LogP contribution in [0, 0.1) is 0 Å². The highest BCUT2D eigenvalue weighted by Gasteiger charge is 2.27. The van der Waals surface area contributed by atoms with E-state index in [-0.39, 0.29) is 11.9 Å². The fourth-order valence-electron chi connectivity index (χ4n) is 2.21. The molecule has 0 unspecified atom stereocenters. The van der Waals surface area contributed by atoms with Gasteiger partial charge in [-0.05, 0) is 55.5 Å². The van der Waals surface area contributed by atoms with Crippen LogP contribution in [0.5, 0.6) is 0 Å². The van der Waals surface area contributed by atoms with Crippen molar-refractivity contribution in [1.82, 2.24) is 0 Å². The first kappa shape index (κ1) is 16.4. The second kappa shape index (κ2) is 6.95. The first-order chi connectivity index (χ1) is 11.0. The van der Waals surface area contributed by atoms with Crippen LogP contribution in [0.15, 0.2) is 53.5 Å². The first-order valence-corrected chi connectivity index (χ1v) is 8.85. The van der Waals surface area contributed by atoms with Crippen LogP contribution in [0.25, 0.3) is 0 Å². The molecule has 3 nitrogen and oxygen atoms in total. The number of aliphatic imine (C=N–C) groups is 1. The molecule has 0 bridgehead atoms. The lowest BCUT2D eigenvalue weighted by Crippen LogP contribution is -2.34. The van der Waals surface area contributed by atoms with Gasteiger partial charge < -0.3 is 0 Å². The van der Waals surface area contributed by atoms with Gasteiger partial charge in [0.15, 0.2) is 5.17 Å². The van der Waals surface area contributed by atoms with Gasteiger partial charge in [-0.25, -0.2) is 0 Å². The Labute approximate surface area is 149 Å². The van der Waals surface area contributed by atoms with Crippen molar-refractivity contribution < 1.29 is 4.79 Å². The average Bonchev–Trinajstić information content (AvgIpc) is 2.96. The second-order valence-corrected chi connectivity index (χ2v) is 7.06. The molecule has 0 saturated heterocycles. The number of amidine groups is 1. The van der Waals surface area contributed by atoms with E-state index in [1.807, 2.05) is 19.1 Å². The lowest BCUT2D eigenvalue weighted by Gasteiger charge is -2.22. The Morgan fingerprint density at radius 1 is 1.09 bits per heavy atom. The SMILES string of the molecule is C[C@@H]1CSC(N(C(=O)c2ccc(Cl)cc2)c2ccc(Cl)cc2)=N1. The normalized spacial score (nSPS) is 17.0. The Morgan fingerprint density at radius 3 is 2.17 bits per heavy atom. The summed E-state index contributed by atoms with van der Waals surface area (Å²) in [5.74, 6) is 0.734. The quantitative estimate of drug-likeness (QED) is 0.739. The highest BCUT2D eigenvalue weighted by molar-refractivity contribution is 8.14. The summed E-state index contributed by atoms with van der Waals surface area (Å²) >= 11 is 13.4. The lowest BCUT2D eigenvalue weighted by molar-refractivity contribution is 0.100. The van der Waals surface area contributed by atoms with Crippen molar-refractivity contribution in [3.05, 3.63) is 64.1 Å². The van der Waals surface area contributed by atoms with Crippen molar-refractivity contribution in [3.63, 3.8) is 0 Å². The number of hydrogen-bond donors (Lipinski definition) is 0. The molecule has 0 N–H and O–H groups in total. The first-order valence-electron chi connectivity index (χ1n) is 7.11. The van der Waals surface area contributed by atoms with Crippen molar-refractivity contribution in [2.24, 2.45) is 4.99 Å². The van der Waals surface area contributed by atoms with Crippen LogP contribution in [-0.4, -0.2) is 22.9 Å². The standard InChI is InChI=1S/C17H14Cl2N2OS/c1-11-10-23-17(20-11)21(15-8-6-14(19)7-9-15)16(22)12-2-4-13(18)5-3-12/h2-9,11H,10H2,1H3/t11-/m1/s1. The average molecular weight is 365 g/mol. The maximum atomic E-state index is 13.0. The largest absolute Gasteiger partial charge is 0.268 e. The molecule has 118 valence electrons. The van der Waals surface area contributed by atoms with Gasteiger partial charge in [0.1, 0.15) is 0 Å². The molecule has 2 aromatic rings. The monoisotopic (exact) mass is 364 g/mol. The van der Waals surface area contributed by atoms with Gasteiger partial charge in [0.25, 0.3) is 5.91 Å². The Balaban J connectivity index is 2.01. The molecule has 23 heavy (non-hydrogen) atoms. The third-order valence-corrected chi connectivity index (χ3v) is 5.05. The van der Waals surface area contributed by atoms with E-state index in [9.17, 15) is 4.79 Å². The van der Waals surface area contributed by atoms with E-state index in [0.717, 1.165) is 11.4 Å². The van der Waals surface area contributed by atoms with Gasteiger partial charge in [0.05, 0.1) is 11.7 Å². The van der Waals surface area contributed by atoms with Gasteiger partial charge in [0, 0.05) is 21.4 Å². The molecule has 1 amide bonds. The molecular weight excluding hydrogens is 351 g/mol. The fourth-order valence-corrected chi connectivity index (χ4v) is 3.50. The van der Waals surface area contributed by atoms with Crippen molar-refractivity contribution in [3.8, 4) is 0 Å². The smallest absolute Gasteiger partial charge is 0.264 e. The molecule has 0 aliphatic carbocycles. The van der Waals surface area contributed by atoms with Gasteiger partial charge in [-0.1, -0.05) is 35.0 Å². The van der Waals surface area contributed by atoms with Gasteiger partial charge in [-0.15, -0.1) is 0 Å². The third-order valence-electron chi connectivity index (χ3n) is 3.35. The number of rotatable bonds is 2. The van der Waals surface area contributed by atoms with E-state index in [1.165, 1.54) is 0 Å². The summed E-state index contributed by atoms with van der Waals surface area (Å²) in [5, 5.41) is 1.93. The minimum absolute atomic E-state index is 0.135. The molecule has 3 rings (SSSR count). The van der Waals surface area contributed by atoms with Crippen LogP contribution in [-0.2, 0) is 0 Å². The van der Waals surface area contributed by atoms with Gasteiger partial charge >= 0.3 is 0 Å². The number of carbonyl (C=O) groups is 1. The Kier molecular flexibility index (Phi) is 4.95. The molecule has 1 heterocycles. The summed E-state index contributed by atoms with van der Waals surface area (Å²) in [7, 11) is 0. The number of thioether (sulfide) groups is 1. The number of halogens is 2. The minimum atomic E-state index is -0.135. The van der Waals surface area contributed by atoms with E-state index >= 15 is 0 Å². The van der Waals surface area contributed by atoms with Crippen LogP contribution in [0.2, 0.25) is 10.0 Å². The topological polar surface area (TPSA) is 32.7 Å². The van der Waals surface area contributed by atoms with Crippen molar-refractivity contribution >= 4 is 51.7 Å². The minimum Gasteiger partial charge on any atom is -0.268 e. The highest BCUT2D eigenvalue weighted by atomic mass is 35.5. The van der Waals surface area contributed by atoms with E-state index < -0.39 is 0 Å². The maximum absolute atomic E-state index is 13.0. The number of nitrogens with zero attached hydrogens (tertiary/aromatic N) is 2. The molecule has 0 spiro atoms. The van der Waals surface area contributed by atoms with E-state index in [1.54, 1.807) is 53.1 Å². The molecule has 0 saturated carbocycles. The van der Waals surface area contributed by atoms with E-state index in [4.69, 9.17) is 23.2 Å². The van der Waals surface area contributed by atoms with Crippen molar-refractivity contribution in [2.75, 3.05) is 10.7 Å². The third kappa shape index (κ3) is 3.71. The summed E-state index contributed by atoms with van der Waals surface area (Å²) < 4.78 is 0. The number of hydrogen-bond acceptors (Lipinski definition) is 3. The van der Waals surface area contributed by atoms with Crippen molar-refractivity contribution in [1.29, 1.82) is 0 Å². The zero-order valence-electron chi connectivity index (χ0n) is 12.4. The summed E-state index contributed by atoms with van der Waals surface area (Å²) in [6.45, 7) is 2.03. The van der Waals surface area contributed by atoms with Crippen LogP contribution in [0.4, 0.5) is 5.69 Å². The van der Waals surface area contributed by atoms with Gasteiger partial charge in [-0.2, -0.15) is 0 Å². The summed E-state index contributed by atoms with van der Waals surface area (Å²) in [4.78, 5) is 19.2. The number of amides is 1. The Hall–Kier alpha value is -1.49. The molecule has 0 radical (unpaired) electrons. The summed E-state index contributed by atoms with van der Waals surface area (Å²) in [6, 6.07) is 14.2. The summed E-state index contributed by atoms with van der Waals surface area (Å²) in [5.41, 5.74) is 1.31. The summed E-state index contributed by atoms with van der Waals surface area (Å²) in [6.07, 6.45) is 0. The molecular formula is C17H14Cl2N2OS. The molecule has 1 atom stereocenters. The number of carbonyl (C=O) groups excluding carboxylic acids is 1. The second-order valence-electron chi connectivity index (χ2n) is 5.20. The van der Waals surface area contributed by atoms with Crippen LogP contribution in [0.3, 0.4) is 0 Å². The van der Waals surface area contributed by atoms with Crippen molar-refractivity contribution in [2.45, 2.75) is 13.0 Å². The van der Waals surface area contributed by atoms with E-state index in [2.05, 4.69) is 4.99 Å². The predicted molar refractivity (Wildman–Crippen MR) is 99.1 cm³/mol. The Bertz CT molecular complexity index is 744. The fraction of sp³-hybridized carbons (Fsp3) is 0.176. The zero-order chi connectivity index (χ0) is 16.4. The van der Waals surface area contributed by atoms with Crippen LogP contribution >= 0.6 is 35.0 Å². The molecule has 1 aliphatic heterocycles. The predicted octanol–water partition coefficient (Wildman–Crippen LogP) is 5.13. The maximum Gasteiger partial charge on any atom is 0.264 e. The zero-order valence-corrected chi connectivity index (χ0v) is 14.7. The van der Waals surface area contributed by atoms with E-state index in [0.29, 0.717) is 20.8 Å². The van der Waals surface area contributed by atoms with Gasteiger partial charge in [-0.3, -0.25) is 14.7 Å². The molecule has 0 fully saturated rings. The molecule has 2 aromatic carbocycles. The van der Waals surface area contributed by atoms with Crippen LogP contribution in [0.1, 0.15) is 17.3 Å².